The Morgan fingerprint density at radius 3 is 0.979 bits per heavy atom. The van der Waals surface area contributed by atoms with Crippen molar-refractivity contribution in [3.05, 3.63) is 179 Å². The van der Waals surface area contributed by atoms with Gasteiger partial charge in [-0.2, -0.15) is 0 Å². The summed E-state index contributed by atoms with van der Waals surface area (Å²) in [6, 6.07) is 54.4. The van der Waals surface area contributed by atoms with Crippen LogP contribution in [0.5, 0.6) is 0 Å². The van der Waals surface area contributed by atoms with Crippen LogP contribution in [0.1, 0.15) is 65.5 Å². The van der Waals surface area contributed by atoms with Crippen molar-refractivity contribution in [2.24, 2.45) is 0 Å². The van der Waals surface area contributed by atoms with Gasteiger partial charge in [-0.1, -0.05) is 114 Å². The molecule has 0 saturated heterocycles. The van der Waals surface area contributed by atoms with Crippen LogP contribution >= 0.6 is 0 Å². The summed E-state index contributed by atoms with van der Waals surface area (Å²) in [5.74, 6) is 0. The van der Waals surface area contributed by atoms with Gasteiger partial charge >= 0.3 is 0 Å². The minimum Gasteiger partial charge on any atom is -0.310 e. The van der Waals surface area contributed by atoms with Crippen LogP contribution in [0.4, 0.5) is 34.1 Å². The number of nitrogens with zero attached hydrogens (tertiary/aromatic N) is 2. The molecule has 0 heterocycles. The van der Waals surface area contributed by atoms with E-state index in [2.05, 4.69) is 183 Å². The molecule has 0 amide bonds. The standard InChI is InChI=1S/C46H46N2/c1-34-14-22-40(23-15-34)47(41-24-16-35(2)17-25-41)44-12-8-10-38(32-44)46(30-6-5-7-31-46)39-11-9-13-45(33-39)48(42-26-18-36(3)19-27-42)43-28-20-37(4)21-29-43/h8-29,32-33H,5-7,30-31H2,1-4H3. The molecule has 1 aliphatic rings. The smallest absolute Gasteiger partial charge is 0.0464 e. The van der Waals surface area contributed by atoms with E-state index in [1.165, 1.54) is 86.8 Å². The van der Waals surface area contributed by atoms with Crippen molar-refractivity contribution in [1.82, 2.24) is 0 Å². The van der Waals surface area contributed by atoms with Crippen molar-refractivity contribution in [3.63, 3.8) is 0 Å². The fourth-order valence-electron chi connectivity index (χ4n) is 7.45. The Hall–Kier alpha value is -5.08. The van der Waals surface area contributed by atoms with Gasteiger partial charge in [-0.3, -0.25) is 0 Å². The van der Waals surface area contributed by atoms with Crippen LogP contribution < -0.4 is 9.80 Å². The minimum atomic E-state index is -0.0668. The van der Waals surface area contributed by atoms with E-state index in [0.29, 0.717) is 0 Å². The Morgan fingerprint density at radius 2 is 0.667 bits per heavy atom. The predicted molar refractivity (Wildman–Crippen MR) is 205 cm³/mol. The maximum absolute atomic E-state index is 2.47. The Morgan fingerprint density at radius 1 is 0.354 bits per heavy atom. The molecule has 0 spiro atoms. The second kappa shape index (κ2) is 13.6. The summed E-state index contributed by atoms with van der Waals surface area (Å²) in [7, 11) is 0. The zero-order valence-corrected chi connectivity index (χ0v) is 28.8. The fourth-order valence-corrected chi connectivity index (χ4v) is 7.45. The van der Waals surface area contributed by atoms with Gasteiger partial charge in [0.2, 0.25) is 0 Å². The SMILES string of the molecule is Cc1ccc(N(c2ccc(C)cc2)c2cccc(C3(c4cccc(N(c5ccc(C)cc5)c5ccc(C)cc5)c4)CCCCC3)c2)cc1. The first kappa shape index (κ1) is 31.5. The Kier molecular flexibility index (Phi) is 8.91. The van der Waals surface area contributed by atoms with Crippen molar-refractivity contribution >= 4 is 34.1 Å². The number of hydrogen-bond donors (Lipinski definition) is 0. The van der Waals surface area contributed by atoms with Crippen molar-refractivity contribution in [2.75, 3.05) is 9.80 Å². The summed E-state index contributed by atoms with van der Waals surface area (Å²) in [5.41, 5.74) is 14.9. The Labute approximate surface area is 287 Å². The maximum atomic E-state index is 2.47. The summed E-state index contributed by atoms with van der Waals surface area (Å²) in [4.78, 5) is 4.82. The van der Waals surface area contributed by atoms with Crippen LogP contribution in [0.15, 0.2) is 146 Å². The van der Waals surface area contributed by atoms with E-state index >= 15 is 0 Å². The highest BCUT2D eigenvalue weighted by atomic mass is 15.1. The van der Waals surface area contributed by atoms with Crippen molar-refractivity contribution in [3.8, 4) is 0 Å². The number of rotatable bonds is 8. The van der Waals surface area contributed by atoms with E-state index in [0.717, 1.165) is 12.8 Å². The second-order valence-corrected chi connectivity index (χ2v) is 13.8. The molecule has 0 atom stereocenters. The largest absolute Gasteiger partial charge is 0.310 e. The molecule has 0 aliphatic heterocycles. The number of benzene rings is 6. The van der Waals surface area contributed by atoms with Gasteiger partial charge < -0.3 is 9.80 Å². The molecule has 6 aromatic carbocycles. The van der Waals surface area contributed by atoms with Crippen LogP contribution in [0, 0.1) is 27.7 Å². The van der Waals surface area contributed by atoms with Crippen LogP contribution in [-0.4, -0.2) is 0 Å². The molecule has 48 heavy (non-hydrogen) atoms. The maximum Gasteiger partial charge on any atom is 0.0464 e. The molecule has 1 fully saturated rings. The molecule has 0 unspecified atom stereocenters. The summed E-state index contributed by atoms with van der Waals surface area (Å²) >= 11 is 0. The molecule has 0 bridgehead atoms. The van der Waals surface area contributed by atoms with Gasteiger partial charge in [0.1, 0.15) is 0 Å². The summed E-state index contributed by atoms with van der Waals surface area (Å²) in [5, 5.41) is 0. The number of aryl methyl sites for hydroxylation is 4. The zero-order chi connectivity index (χ0) is 33.1. The number of hydrogen-bond acceptors (Lipinski definition) is 2. The fraction of sp³-hybridized carbons (Fsp3) is 0.217. The minimum absolute atomic E-state index is 0.0668. The van der Waals surface area contributed by atoms with E-state index in [4.69, 9.17) is 0 Å². The molecule has 240 valence electrons. The van der Waals surface area contributed by atoms with Crippen LogP contribution in [0.2, 0.25) is 0 Å². The molecule has 0 aromatic heterocycles. The molecule has 0 N–H and O–H groups in total. The van der Waals surface area contributed by atoms with E-state index in [1.807, 2.05) is 0 Å². The van der Waals surface area contributed by atoms with Gasteiger partial charge in [0, 0.05) is 39.5 Å². The zero-order valence-electron chi connectivity index (χ0n) is 28.8. The lowest BCUT2D eigenvalue weighted by atomic mass is 9.65. The van der Waals surface area contributed by atoms with Crippen molar-refractivity contribution in [2.45, 2.75) is 65.2 Å². The topological polar surface area (TPSA) is 6.48 Å². The van der Waals surface area contributed by atoms with Crippen molar-refractivity contribution < 1.29 is 0 Å². The van der Waals surface area contributed by atoms with E-state index in [1.54, 1.807) is 0 Å². The summed E-state index contributed by atoms with van der Waals surface area (Å²) in [6.45, 7) is 8.61. The van der Waals surface area contributed by atoms with E-state index in [9.17, 15) is 0 Å². The first-order valence-corrected chi connectivity index (χ1v) is 17.5. The normalized spacial score (nSPS) is 14.0. The Bertz CT molecular complexity index is 1730. The highest BCUT2D eigenvalue weighted by molar-refractivity contribution is 5.79. The molecule has 7 rings (SSSR count). The molecule has 2 nitrogen and oxygen atoms in total. The van der Waals surface area contributed by atoms with E-state index < -0.39 is 0 Å². The molecule has 1 saturated carbocycles. The summed E-state index contributed by atoms with van der Waals surface area (Å²) < 4.78 is 0. The average Bonchev–Trinajstić information content (AvgIpc) is 3.12. The first-order valence-electron chi connectivity index (χ1n) is 17.5. The van der Waals surface area contributed by atoms with Crippen molar-refractivity contribution in [1.29, 1.82) is 0 Å². The van der Waals surface area contributed by atoms with Gasteiger partial charge in [0.05, 0.1) is 0 Å². The third-order valence-corrected chi connectivity index (χ3v) is 10.2. The molecular weight excluding hydrogens is 581 g/mol. The monoisotopic (exact) mass is 626 g/mol. The molecule has 6 aromatic rings. The third-order valence-electron chi connectivity index (χ3n) is 10.2. The quantitative estimate of drug-likeness (QED) is 0.166. The van der Waals surface area contributed by atoms with Gasteiger partial charge in [-0.15, -0.1) is 0 Å². The molecular formula is C46H46N2. The lowest BCUT2D eigenvalue weighted by molar-refractivity contribution is 0.346. The van der Waals surface area contributed by atoms with E-state index in [-0.39, 0.29) is 5.41 Å². The lowest BCUT2D eigenvalue weighted by Crippen LogP contribution is -2.31. The first-order chi connectivity index (χ1) is 23.4. The van der Waals surface area contributed by atoms with Crippen LogP contribution in [0.3, 0.4) is 0 Å². The van der Waals surface area contributed by atoms with Gasteiger partial charge in [0.25, 0.3) is 0 Å². The van der Waals surface area contributed by atoms with Crippen LogP contribution in [0.25, 0.3) is 0 Å². The van der Waals surface area contributed by atoms with Crippen LogP contribution in [-0.2, 0) is 5.41 Å². The van der Waals surface area contributed by atoms with Gasteiger partial charge in [-0.05, 0) is 124 Å². The van der Waals surface area contributed by atoms with Gasteiger partial charge in [0.15, 0.2) is 0 Å². The summed E-state index contributed by atoms with van der Waals surface area (Å²) in [6.07, 6.45) is 6.04. The highest BCUT2D eigenvalue weighted by Gasteiger charge is 2.36. The van der Waals surface area contributed by atoms with Gasteiger partial charge in [-0.25, -0.2) is 0 Å². The third kappa shape index (κ3) is 6.40. The molecule has 0 radical (unpaired) electrons. The lowest BCUT2D eigenvalue weighted by Gasteiger charge is -2.40. The molecule has 2 heteroatoms. The highest BCUT2D eigenvalue weighted by Crippen LogP contribution is 2.48. The molecule has 1 aliphatic carbocycles. The predicted octanol–water partition coefficient (Wildman–Crippen LogP) is 13.1. The number of anilines is 6. The second-order valence-electron chi connectivity index (χ2n) is 13.8. The Balaban J connectivity index is 1.35. The average molecular weight is 627 g/mol.